The first kappa shape index (κ1) is 17.2. The minimum absolute atomic E-state index is 0.0617. The highest BCUT2D eigenvalue weighted by molar-refractivity contribution is 9.10. The van der Waals surface area contributed by atoms with Gasteiger partial charge in [-0.1, -0.05) is 6.92 Å². The predicted octanol–water partition coefficient (Wildman–Crippen LogP) is 3.49. The summed E-state index contributed by atoms with van der Waals surface area (Å²) in [5.41, 5.74) is 0.740. The van der Waals surface area contributed by atoms with Gasteiger partial charge in [-0.15, -0.1) is 0 Å². The average molecular weight is 356 g/mol. The maximum absolute atomic E-state index is 11.9. The lowest BCUT2D eigenvalue weighted by Gasteiger charge is -2.11. The summed E-state index contributed by atoms with van der Waals surface area (Å²) in [6, 6.07) is 0. The summed E-state index contributed by atoms with van der Waals surface area (Å²) in [7, 11) is 0. The van der Waals surface area contributed by atoms with Crippen LogP contribution in [0, 0.1) is 6.92 Å². The highest BCUT2D eigenvalue weighted by Gasteiger charge is 2.27. The van der Waals surface area contributed by atoms with Crippen LogP contribution in [0.15, 0.2) is 4.47 Å². The average Bonchev–Trinajstić information content (AvgIpc) is 2.36. The first-order valence-electron chi connectivity index (χ1n) is 6.25. The van der Waals surface area contributed by atoms with Crippen molar-refractivity contribution < 1.29 is 17.9 Å². The number of rotatable bonds is 7. The monoisotopic (exact) mass is 355 g/mol. The van der Waals surface area contributed by atoms with E-state index in [1.54, 1.807) is 0 Å². The first-order chi connectivity index (χ1) is 9.33. The molecule has 1 rings (SSSR count). The van der Waals surface area contributed by atoms with Gasteiger partial charge in [-0.2, -0.15) is 13.2 Å². The van der Waals surface area contributed by atoms with Gasteiger partial charge in [0.2, 0.25) is 0 Å². The summed E-state index contributed by atoms with van der Waals surface area (Å²) in [4.78, 5) is 8.49. The molecule has 0 fully saturated rings. The highest BCUT2D eigenvalue weighted by atomic mass is 79.9. The SMILES string of the molecule is CCCNc1nc(CCOCC(F)(F)F)nc(C)c1Br. The molecule has 1 N–H and O–H groups in total. The van der Waals surface area contributed by atoms with E-state index in [-0.39, 0.29) is 13.0 Å². The van der Waals surface area contributed by atoms with Gasteiger partial charge in [0.25, 0.3) is 0 Å². The van der Waals surface area contributed by atoms with Gasteiger partial charge in [-0.05, 0) is 29.3 Å². The van der Waals surface area contributed by atoms with Gasteiger partial charge in [0.15, 0.2) is 0 Å². The lowest BCUT2D eigenvalue weighted by atomic mass is 10.3. The van der Waals surface area contributed by atoms with Gasteiger partial charge in [0.1, 0.15) is 18.2 Å². The summed E-state index contributed by atoms with van der Waals surface area (Å²) in [5.74, 6) is 1.12. The molecule has 0 atom stereocenters. The number of nitrogens with zero attached hydrogens (tertiary/aromatic N) is 2. The molecule has 1 heterocycles. The van der Waals surface area contributed by atoms with Crippen LogP contribution in [0.5, 0.6) is 0 Å². The number of hydrogen-bond donors (Lipinski definition) is 1. The summed E-state index contributed by atoms with van der Waals surface area (Å²) in [6.45, 7) is 3.29. The predicted molar refractivity (Wildman–Crippen MR) is 73.8 cm³/mol. The Bertz CT molecular complexity index is 441. The third kappa shape index (κ3) is 6.04. The zero-order valence-electron chi connectivity index (χ0n) is 11.4. The first-order valence-corrected chi connectivity index (χ1v) is 7.04. The number of alkyl halides is 3. The Balaban J connectivity index is 2.59. The fourth-order valence-electron chi connectivity index (χ4n) is 1.44. The molecule has 0 aliphatic heterocycles. The number of ether oxygens (including phenoxy) is 1. The zero-order valence-corrected chi connectivity index (χ0v) is 12.9. The van der Waals surface area contributed by atoms with Crippen molar-refractivity contribution in [3.05, 3.63) is 16.0 Å². The van der Waals surface area contributed by atoms with Crippen molar-refractivity contribution in [3.8, 4) is 0 Å². The number of aromatic nitrogens is 2. The van der Waals surface area contributed by atoms with Crippen molar-refractivity contribution in [2.24, 2.45) is 0 Å². The number of halogens is 4. The van der Waals surface area contributed by atoms with E-state index in [4.69, 9.17) is 0 Å². The van der Waals surface area contributed by atoms with Crippen molar-refractivity contribution in [2.45, 2.75) is 32.9 Å². The Labute approximate surface area is 124 Å². The van der Waals surface area contributed by atoms with Crippen molar-refractivity contribution in [3.63, 3.8) is 0 Å². The van der Waals surface area contributed by atoms with E-state index in [0.717, 1.165) is 23.1 Å². The minimum atomic E-state index is -4.30. The zero-order chi connectivity index (χ0) is 15.2. The number of nitrogens with one attached hydrogen (secondary N) is 1. The van der Waals surface area contributed by atoms with Gasteiger partial charge >= 0.3 is 6.18 Å². The van der Waals surface area contributed by atoms with E-state index in [1.807, 2.05) is 13.8 Å². The molecule has 0 saturated carbocycles. The molecular formula is C12H17BrF3N3O. The molecule has 0 saturated heterocycles. The Morgan fingerprint density at radius 1 is 1.30 bits per heavy atom. The van der Waals surface area contributed by atoms with Gasteiger partial charge in [-0.3, -0.25) is 0 Å². The minimum Gasteiger partial charge on any atom is -0.372 e. The van der Waals surface area contributed by atoms with Crippen LogP contribution in [0.25, 0.3) is 0 Å². The third-order valence-corrected chi connectivity index (χ3v) is 3.29. The van der Waals surface area contributed by atoms with Crippen LogP contribution >= 0.6 is 15.9 Å². The van der Waals surface area contributed by atoms with Crippen LogP contribution in [-0.2, 0) is 11.2 Å². The largest absolute Gasteiger partial charge is 0.411 e. The van der Waals surface area contributed by atoms with E-state index in [1.165, 1.54) is 0 Å². The molecule has 0 radical (unpaired) electrons. The molecule has 0 aliphatic rings. The van der Waals surface area contributed by atoms with E-state index in [9.17, 15) is 13.2 Å². The van der Waals surface area contributed by atoms with Gasteiger partial charge in [0.05, 0.1) is 16.8 Å². The van der Waals surface area contributed by atoms with Gasteiger partial charge < -0.3 is 10.1 Å². The molecular weight excluding hydrogens is 339 g/mol. The van der Waals surface area contributed by atoms with Crippen molar-refractivity contribution in [2.75, 3.05) is 25.1 Å². The van der Waals surface area contributed by atoms with Crippen LogP contribution in [0.1, 0.15) is 24.9 Å². The third-order valence-electron chi connectivity index (χ3n) is 2.34. The van der Waals surface area contributed by atoms with Crippen LogP contribution in [-0.4, -0.2) is 35.9 Å². The number of hydrogen-bond acceptors (Lipinski definition) is 4. The second-order valence-corrected chi connectivity index (χ2v) is 5.03. The quantitative estimate of drug-likeness (QED) is 0.760. The normalized spacial score (nSPS) is 11.7. The highest BCUT2D eigenvalue weighted by Crippen LogP contribution is 2.23. The fourth-order valence-corrected chi connectivity index (χ4v) is 1.76. The molecule has 4 nitrogen and oxygen atoms in total. The van der Waals surface area contributed by atoms with Crippen molar-refractivity contribution in [1.29, 1.82) is 0 Å². The topological polar surface area (TPSA) is 47.0 Å². The number of aryl methyl sites for hydroxylation is 1. The lowest BCUT2D eigenvalue weighted by Crippen LogP contribution is -2.18. The maximum Gasteiger partial charge on any atom is 0.411 e. The standard InChI is InChI=1S/C12H17BrF3N3O/c1-3-5-17-11-10(13)8(2)18-9(19-11)4-6-20-7-12(14,15)16/h3-7H2,1-2H3,(H,17,18,19). The van der Waals surface area contributed by atoms with Crippen molar-refractivity contribution in [1.82, 2.24) is 9.97 Å². The number of anilines is 1. The molecule has 8 heteroatoms. The summed E-state index contributed by atoms with van der Waals surface area (Å²) >= 11 is 3.38. The lowest BCUT2D eigenvalue weighted by molar-refractivity contribution is -0.173. The van der Waals surface area contributed by atoms with E-state index in [0.29, 0.717) is 11.6 Å². The Morgan fingerprint density at radius 2 is 2.00 bits per heavy atom. The summed E-state index contributed by atoms with van der Waals surface area (Å²) in [6.07, 6.45) is -3.12. The van der Waals surface area contributed by atoms with E-state index < -0.39 is 12.8 Å². The molecule has 114 valence electrons. The van der Waals surface area contributed by atoms with Crippen molar-refractivity contribution >= 4 is 21.7 Å². The van der Waals surface area contributed by atoms with Gasteiger partial charge in [-0.25, -0.2) is 9.97 Å². The molecule has 0 aliphatic carbocycles. The van der Waals surface area contributed by atoms with E-state index >= 15 is 0 Å². The fraction of sp³-hybridized carbons (Fsp3) is 0.667. The molecule has 0 spiro atoms. The molecule has 1 aromatic rings. The van der Waals surface area contributed by atoms with Crippen LogP contribution < -0.4 is 5.32 Å². The summed E-state index contributed by atoms with van der Waals surface area (Å²) < 4.78 is 41.1. The second-order valence-electron chi connectivity index (χ2n) is 4.23. The molecule has 20 heavy (non-hydrogen) atoms. The maximum atomic E-state index is 11.9. The Kier molecular flexibility index (Phi) is 6.67. The Hall–Kier alpha value is -0.890. The van der Waals surface area contributed by atoms with Crippen LogP contribution in [0.2, 0.25) is 0 Å². The van der Waals surface area contributed by atoms with Crippen LogP contribution in [0.4, 0.5) is 19.0 Å². The molecule has 0 aromatic carbocycles. The molecule has 0 unspecified atom stereocenters. The van der Waals surface area contributed by atoms with Gasteiger partial charge in [0, 0.05) is 13.0 Å². The van der Waals surface area contributed by atoms with Crippen LogP contribution in [0.3, 0.4) is 0 Å². The molecule has 0 amide bonds. The second kappa shape index (κ2) is 7.78. The summed E-state index contributed by atoms with van der Waals surface area (Å²) in [5, 5.41) is 3.14. The molecule has 0 bridgehead atoms. The smallest absolute Gasteiger partial charge is 0.372 e. The Morgan fingerprint density at radius 3 is 2.60 bits per heavy atom. The molecule has 1 aromatic heterocycles. The van der Waals surface area contributed by atoms with E-state index in [2.05, 4.69) is 36.0 Å².